The first kappa shape index (κ1) is 16.1. The molecule has 0 bridgehead atoms. The topological polar surface area (TPSA) is 9.23 Å². The van der Waals surface area contributed by atoms with E-state index < -0.39 is 0 Å². The van der Waals surface area contributed by atoms with Crippen molar-refractivity contribution in [3.05, 3.63) is 12.7 Å². The second kappa shape index (κ2) is 8.87. The van der Waals surface area contributed by atoms with Crippen molar-refractivity contribution < 1.29 is 4.74 Å². The molecule has 0 aromatic rings. The Balaban J connectivity index is 1.56. The van der Waals surface area contributed by atoms with Crippen molar-refractivity contribution in [1.82, 2.24) is 0 Å². The van der Waals surface area contributed by atoms with Crippen molar-refractivity contribution in [1.29, 1.82) is 0 Å². The molecule has 0 saturated heterocycles. The molecule has 0 unspecified atom stereocenters. The van der Waals surface area contributed by atoms with Gasteiger partial charge in [-0.25, -0.2) is 0 Å². The number of ether oxygens (including phenoxy) is 1. The zero-order valence-electron chi connectivity index (χ0n) is 13.5. The Labute approximate surface area is 126 Å². The fraction of sp³-hybridized carbons (Fsp3) is 0.895. The molecule has 0 aliphatic heterocycles. The van der Waals surface area contributed by atoms with Crippen molar-refractivity contribution in [3.8, 4) is 0 Å². The average Bonchev–Trinajstić information content (AvgIpc) is 2.52. The summed E-state index contributed by atoms with van der Waals surface area (Å²) >= 11 is 0. The lowest BCUT2D eigenvalue weighted by Gasteiger charge is -2.31. The zero-order valence-corrected chi connectivity index (χ0v) is 13.5. The molecule has 1 nitrogen and oxygen atoms in total. The molecule has 2 saturated carbocycles. The van der Waals surface area contributed by atoms with Crippen LogP contribution in [0.25, 0.3) is 0 Å². The van der Waals surface area contributed by atoms with Gasteiger partial charge in [0.05, 0.1) is 6.10 Å². The Hall–Kier alpha value is -0.300. The van der Waals surface area contributed by atoms with E-state index in [1.807, 2.05) is 0 Å². The van der Waals surface area contributed by atoms with Crippen LogP contribution in [0.1, 0.15) is 77.6 Å². The van der Waals surface area contributed by atoms with E-state index in [1.54, 1.807) is 0 Å². The average molecular weight is 278 g/mol. The molecule has 0 aromatic heterocycles. The maximum absolute atomic E-state index is 5.89. The monoisotopic (exact) mass is 278 g/mol. The lowest BCUT2D eigenvalue weighted by atomic mass is 9.77. The van der Waals surface area contributed by atoms with Crippen LogP contribution in [0, 0.1) is 17.8 Å². The van der Waals surface area contributed by atoms with Gasteiger partial charge in [-0.3, -0.25) is 0 Å². The third-order valence-electron chi connectivity index (χ3n) is 5.56. The number of allylic oxidation sites excluding steroid dienone is 1. The summed E-state index contributed by atoms with van der Waals surface area (Å²) in [6.45, 7) is 7.11. The van der Waals surface area contributed by atoms with Gasteiger partial charge in [-0.1, -0.05) is 25.8 Å². The van der Waals surface area contributed by atoms with Gasteiger partial charge in [0.15, 0.2) is 0 Å². The standard InChI is InChI=1S/C19H34O/c1-3-15-20-19-13-11-18(12-14-19)10-9-17-7-5-16(4-2)6-8-17/h4,16-19H,2-3,5-15H2,1H3/t16-,17-,18-,19-. The van der Waals surface area contributed by atoms with Crippen LogP contribution in [0.2, 0.25) is 0 Å². The fourth-order valence-electron chi connectivity index (χ4n) is 4.06. The molecule has 0 aromatic carbocycles. The van der Waals surface area contributed by atoms with E-state index in [4.69, 9.17) is 4.74 Å². The summed E-state index contributed by atoms with van der Waals surface area (Å²) in [7, 11) is 0. The van der Waals surface area contributed by atoms with Gasteiger partial charge in [-0.2, -0.15) is 0 Å². The highest BCUT2D eigenvalue weighted by Crippen LogP contribution is 2.35. The van der Waals surface area contributed by atoms with E-state index in [1.165, 1.54) is 64.2 Å². The van der Waals surface area contributed by atoms with Crippen LogP contribution in [0.5, 0.6) is 0 Å². The van der Waals surface area contributed by atoms with Gasteiger partial charge in [0.2, 0.25) is 0 Å². The summed E-state index contributed by atoms with van der Waals surface area (Å²) in [5.41, 5.74) is 0. The summed E-state index contributed by atoms with van der Waals surface area (Å²) in [6.07, 6.45) is 18.0. The van der Waals surface area contributed by atoms with Crippen molar-refractivity contribution >= 4 is 0 Å². The minimum Gasteiger partial charge on any atom is -0.378 e. The number of rotatable bonds is 7. The molecule has 2 aliphatic rings. The molecule has 2 fully saturated rings. The minimum absolute atomic E-state index is 0.578. The fourth-order valence-corrected chi connectivity index (χ4v) is 4.06. The van der Waals surface area contributed by atoms with Crippen molar-refractivity contribution in [2.24, 2.45) is 17.8 Å². The predicted molar refractivity (Wildman–Crippen MR) is 86.9 cm³/mol. The van der Waals surface area contributed by atoms with E-state index in [-0.39, 0.29) is 0 Å². The van der Waals surface area contributed by atoms with Gasteiger partial charge in [-0.05, 0) is 75.5 Å². The molecule has 1 heteroatoms. The lowest BCUT2D eigenvalue weighted by Crippen LogP contribution is -2.22. The van der Waals surface area contributed by atoms with E-state index in [0.717, 1.165) is 30.8 Å². The highest BCUT2D eigenvalue weighted by Gasteiger charge is 2.24. The van der Waals surface area contributed by atoms with E-state index in [2.05, 4.69) is 19.6 Å². The smallest absolute Gasteiger partial charge is 0.0575 e. The SMILES string of the molecule is C=C[C@H]1CC[C@H](CC[C@H]2CC[C@H](OCCC)CC2)CC1. The van der Waals surface area contributed by atoms with E-state index in [9.17, 15) is 0 Å². The second-order valence-corrected chi connectivity index (χ2v) is 7.11. The minimum atomic E-state index is 0.578. The molecule has 2 aliphatic carbocycles. The quantitative estimate of drug-likeness (QED) is 0.539. The Bertz CT molecular complexity index is 257. The maximum atomic E-state index is 5.89. The molecule has 20 heavy (non-hydrogen) atoms. The third-order valence-corrected chi connectivity index (χ3v) is 5.56. The highest BCUT2D eigenvalue weighted by molar-refractivity contribution is 4.84. The predicted octanol–water partition coefficient (Wildman–Crippen LogP) is 5.74. The molecule has 0 radical (unpaired) electrons. The van der Waals surface area contributed by atoms with Crippen LogP contribution in [0.3, 0.4) is 0 Å². The first-order valence-electron chi connectivity index (χ1n) is 9.06. The normalized spacial score (nSPS) is 34.9. The van der Waals surface area contributed by atoms with Crippen LogP contribution in [0.15, 0.2) is 12.7 Å². The summed E-state index contributed by atoms with van der Waals surface area (Å²) < 4.78 is 5.89. The summed E-state index contributed by atoms with van der Waals surface area (Å²) in [6, 6.07) is 0. The summed E-state index contributed by atoms with van der Waals surface area (Å²) in [5, 5.41) is 0. The molecular weight excluding hydrogens is 244 g/mol. The Morgan fingerprint density at radius 1 is 0.900 bits per heavy atom. The lowest BCUT2D eigenvalue weighted by molar-refractivity contribution is 0.0168. The highest BCUT2D eigenvalue weighted by atomic mass is 16.5. The van der Waals surface area contributed by atoms with Crippen molar-refractivity contribution in [3.63, 3.8) is 0 Å². The Morgan fingerprint density at radius 3 is 1.95 bits per heavy atom. The van der Waals surface area contributed by atoms with Gasteiger partial charge < -0.3 is 4.74 Å². The van der Waals surface area contributed by atoms with Gasteiger partial charge in [0, 0.05) is 6.61 Å². The number of hydrogen-bond donors (Lipinski definition) is 0. The molecule has 0 amide bonds. The second-order valence-electron chi connectivity index (χ2n) is 7.11. The van der Waals surface area contributed by atoms with Crippen LogP contribution in [0.4, 0.5) is 0 Å². The molecule has 0 atom stereocenters. The van der Waals surface area contributed by atoms with Crippen molar-refractivity contribution in [2.75, 3.05) is 6.61 Å². The largest absolute Gasteiger partial charge is 0.378 e. The van der Waals surface area contributed by atoms with Gasteiger partial charge in [0.25, 0.3) is 0 Å². The van der Waals surface area contributed by atoms with Gasteiger partial charge in [0.1, 0.15) is 0 Å². The summed E-state index contributed by atoms with van der Waals surface area (Å²) in [4.78, 5) is 0. The van der Waals surface area contributed by atoms with Crippen LogP contribution in [-0.4, -0.2) is 12.7 Å². The van der Waals surface area contributed by atoms with E-state index in [0.29, 0.717) is 6.10 Å². The molecular formula is C19H34O. The van der Waals surface area contributed by atoms with Gasteiger partial charge >= 0.3 is 0 Å². The van der Waals surface area contributed by atoms with Gasteiger partial charge in [-0.15, -0.1) is 6.58 Å². The molecule has 2 rings (SSSR count). The Morgan fingerprint density at radius 2 is 1.45 bits per heavy atom. The van der Waals surface area contributed by atoms with Crippen LogP contribution < -0.4 is 0 Å². The zero-order chi connectivity index (χ0) is 14.2. The Kier molecular flexibility index (Phi) is 7.13. The van der Waals surface area contributed by atoms with Crippen LogP contribution >= 0.6 is 0 Å². The first-order valence-corrected chi connectivity index (χ1v) is 9.06. The van der Waals surface area contributed by atoms with Crippen LogP contribution in [-0.2, 0) is 4.74 Å². The maximum Gasteiger partial charge on any atom is 0.0575 e. The van der Waals surface area contributed by atoms with Crippen molar-refractivity contribution in [2.45, 2.75) is 83.7 Å². The molecule has 116 valence electrons. The molecule has 0 heterocycles. The molecule has 0 spiro atoms. The first-order chi connectivity index (χ1) is 9.81. The third kappa shape index (κ3) is 5.24. The molecule has 0 N–H and O–H groups in total. The van der Waals surface area contributed by atoms with E-state index >= 15 is 0 Å². The summed E-state index contributed by atoms with van der Waals surface area (Å²) in [5.74, 6) is 2.83. The number of hydrogen-bond acceptors (Lipinski definition) is 1.